The van der Waals surface area contributed by atoms with E-state index in [-0.39, 0.29) is 18.7 Å². The van der Waals surface area contributed by atoms with Gasteiger partial charge in [-0.2, -0.15) is 0 Å². The van der Waals surface area contributed by atoms with E-state index in [1.54, 1.807) is 11.1 Å². The van der Waals surface area contributed by atoms with Gasteiger partial charge in [0.2, 0.25) is 5.95 Å². The smallest absolute Gasteiger partial charge is 0.318 e. The van der Waals surface area contributed by atoms with Gasteiger partial charge in [0.1, 0.15) is 0 Å². The van der Waals surface area contributed by atoms with E-state index in [1.807, 2.05) is 31.3 Å². The number of urea groups is 1. The number of carbonyl (C=O) groups is 1. The number of anilines is 1. The number of hydrogen-bond acceptors (Lipinski definition) is 5. The normalized spacial score (nSPS) is 14.6. The molecule has 4 rings (SSSR count). The van der Waals surface area contributed by atoms with E-state index in [4.69, 9.17) is 5.11 Å². The highest BCUT2D eigenvalue weighted by atomic mass is 16.3. The average molecular weight is 380 g/mol. The van der Waals surface area contributed by atoms with Gasteiger partial charge in [0.15, 0.2) is 0 Å². The molecule has 1 aliphatic heterocycles. The lowest BCUT2D eigenvalue weighted by atomic mass is 10.1. The number of fused-ring (bicyclic) bond motifs is 2. The summed E-state index contributed by atoms with van der Waals surface area (Å²) >= 11 is 0. The minimum Gasteiger partial charge on any atom is -0.394 e. The summed E-state index contributed by atoms with van der Waals surface area (Å²) in [6.45, 7) is 3.42. The van der Waals surface area contributed by atoms with Gasteiger partial charge in [-0.1, -0.05) is 6.07 Å². The molecule has 0 unspecified atom stereocenters. The average Bonchev–Trinajstić information content (AvgIpc) is 3.19. The molecular weight excluding hydrogens is 356 g/mol. The van der Waals surface area contributed by atoms with Gasteiger partial charge < -0.3 is 25.6 Å². The highest BCUT2D eigenvalue weighted by Gasteiger charge is 2.22. The molecule has 3 heterocycles. The number of amides is 2. The lowest BCUT2D eigenvalue weighted by Crippen LogP contribution is -2.42. The molecule has 8 nitrogen and oxygen atoms in total. The van der Waals surface area contributed by atoms with Crippen molar-refractivity contribution in [3.63, 3.8) is 0 Å². The summed E-state index contributed by atoms with van der Waals surface area (Å²) < 4.78 is 0. The van der Waals surface area contributed by atoms with Crippen molar-refractivity contribution < 1.29 is 9.90 Å². The summed E-state index contributed by atoms with van der Waals surface area (Å²) in [4.78, 5) is 26.4. The second-order valence-electron chi connectivity index (χ2n) is 7.12. The van der Waals surface area contributed by atoms with Gasteiger partial charge in [0.05, 0.1) is 18.8 Å². The van der Waals surface area contributed by atoms with E-state index in [2.05, 4.69) is 31.7 Å². The van der Waals surface area contributed by atoms with E-state index in [0.29, 0.717) is 25.6 Å². The third kappa shape index (κ3) is 3.91. The Bertz CT molecular complexity index is 986. The summed E-state index contributed by atoms with van der Waals surface area (Å²) in [5.41, 5.74) is 4.05. The third-order valence-electron chi connectivity index (χ3n) is 4.94. The Morgan fingerprint density at radius 1 is 1.39 bits per heavy atom. The molecule has 2 aromatic heterocycles. The first-order valence-corrected chi connectivity index (χ1v) is 9.43. The van der Waals surface area contributed by atoms with E-state index in [0.717, 1.165) is 34.1 Å². The molecule has 0 spiro atoms. The molecular formula is C20H24N6O2. The van der Waals surface area contributed by atoms with Crippen molar-refractivity contribution in [1.82, 2.24) is 25.2 Å². The predicted molar refractivity (Wildman–Crippen MR) is 107 cm³/mol. The molecule has 1 aromatic carbocycles. The SMILES string of the molecule is C[C@@H](CO)Nc1ncc2c(n1)CN(C(=O)NCc1ccc3[nH]ccc3c1)CC2. The van der Waals surface area contributed by atoms with Crippen LogP contribution >= 0.6 is 0 Å². The number of carbonyl (C=O) groups excluding carboxylic acids is 1. The molecule has 0 bridgehead atoms. The maximum atomic E-state index is 12.6. The molecule has 0 radical (unpaired) electrons. The first-order valence-electron chi connectivity index (χ1n) is 9.43. The summed E-state index contributed by atoms with van der Waals surface area (Å²) in [6.07, 6.45) is 4.44. The maximum Gasteiger partial charge on any atom is 0.318 e. The van der Waals surface area contributed by atoms with Crippen LogP contribution in [0.3, 0.4) is 0 Å². The minimum atomic E-state index is -0.126. The maximum absolute atomic E-state index is 12.6. The fourth-order valence-corrected chi connectivity index (χ4v) is 3.31. The number of nitrogens with zero attached hydrogens (tertiary/aromatic N) is 3. The number of hydrogen-bond donors (Lipinski definition) is 4. The van der Waals surface area contributed by atoms with Crippen LogP contribution in [0.15, 0.2) is 36.7 Å². The number of rotatable bonds is 5. The first-order chi connectivity index (χ1) is 13.6. The van der Waals surface area contributed by atoms with E-state index >= 15 is 0 Å². The monoisotopic (exact) mass is 380 g/mol. The Hall–Kier alpha value is -3.13. The zero-order valence-corrected chi connectivity index (χ0v) is 15.8. The summed E-state index contributed by atoms with van der Waals surface area (Å²) in [7, 11) is 0. The van der Waals surface area contributed by atoms with Gasteiger partial charge in [0.25, 0.3) is 0 Å². The van der Waals surface area contributed by atoms with Gasteiger partial charge in [-0.15, -0.1) is 0 Å². The molecule has 0 saturated heterocycles. The summed E-state index contributed by atoms with van der Waals surface area (Å²) in [5, 5.41) is 16.3. The van der Waals surface area contributed by atoms with Crippen LogP contribution in [-0.4, -0.2) is 50.2 Å². The van der Waals surface area contributed by atoms with Crippen LogP contribution in [0.2, 0.25) is 0 Å². The van der Waals surface area contributed by atoms with E-state index in [1.165, 1.54) is 0 Å². The highest BCUT2D eigenvalue weighted by Crippen LogP contribution is 2.18. The molecule has 1 aliphatic rings. The Kier molecular flexibility index (Phi) is 5.12. The predicted octanol–water partition coefficient (Wildman–Crippen LogP) is 2.02. The fourth-order valence-electron chi connectivity index (χ4n) is 3.31. The van der Waals surface area contributed by atoms with Gasteiger partial charge in [-0.05, 0) is 48.1 Å². The second-order valence-corrected chi connectivity index (χ2v) is 7.12. The van der Waals surface area contributed by atoms with Crippen molar-refractivity contribution in [3.8, 4) is 0 Å². The molecule has 0 fully saturated rings. The van der Waals surface area contributed by atoms with Crippen LogP contribution in [0.1, 0.15) is 23.7 Å². The van der Waals surface area contributed by atoms with Crippen LogP contribution in [0.4, 0.5) is 10.7 Å². The van der Waals surface area contributed by atoms with Crippen LogP contribution in [-0.2, 0) is 19.5 Å². The second kappa shape index (κ2) is 7.85. The van der Waals surface area contributed by atoms with Crippen LogP contribution < -0.4 is 10.6 Å². The number of aliphatic hydroxyl groups is 1. The number of nitrogens with one attached hydrogen (secondary N) is 3. The summed E-state index contributed by atoms with van der Waals surface area (Å²) in [6, 6.07) is 7.90. The molecule has 3 aromatic rings. The van der Waals surface area contributed by atoms with Crippen molar-refractivity contribution in [2.24, 2.45) is 0 Å². The van der Waals surface area contributed by atoms with Gasteiger partial charge in [-0.3, -0.25) is 0 Å². The zero-order chi connectivity index (χ0) is 19.5. The molecule has 28 heavy (non-hydrogen) atoms. The standard InChI is InChI=1S/C20H24N6O2/c1-13(12-27)24-19-22-10-16-5-7-26(11-18(16)25-19)20(28)23-9-14-2-3-17-15(8-14)4-6-21-17/h2-4,6,8,10,13,21,27H,5,7,9,11-12H2,1H3,(H,23,28)(H,22,24,25)/t13-/m0/s1. The Morgan fingerprint density at radius 2 is 2.29 bits per heavy atom. The van der Waals surface area contributed by atoms with Crippen LogP contribution in [0.25, 0.3) is 10.9 Å². The fraction of sp³-hybridized carbons (Fsp3) is 0.350. The lowest BCUT2D eigenvalue weighted by molar-refractivity contribution is 0.191. The topological polar surface area (TPSA) is 106 Å². The number of aliphatic hydroxyl groups excluding tert-OH is 1. The van der Waals surface area contributed by atoms with E-state index in [9.17, 15) is 4.79 Å². The first kappa shape index (κ1) is 18.2. The van der Waals surface area contributed by atoms with Crippen molar-refractivity contribution in [1.29, 1.82) is 0 Å². The molecule has 0 saturated carbocycles. The molecule has 1 atom stereocenters. The molecule has 146 valence electrons. The van der Waals surface area contributed by atoms with Gasteiger partial charge in [-0.25, -0.2) is 14.8 Å². The van der Waals surface area contributed by atoms with Crippen molar-refractivity contribution in [3.05, 3.63) is 53.5 Å². The Morgan fingerprint density at radius 3 is 3.14 bits per heavy atom. The highest BCUT2D eigenvalue weighted by molar-refractivity contribution is 5.80. The third-order valence-corrected chi connectivity index (χ3v) is 4.94. The van der Waals surface area contributed by atoms with E-state index < -0.39 is 0 Å². The van der Waals surface area contributed by atoms with Gasteiger partial charge >= 0.3 is 6.03 Å². The Labute approximate surface area is 163 Å². The number of aromatic nitrogens is 3. The quantitative estimate of drug-likeness (QED) is 0.542. The van der Waals surface area contributed by atoms with Crippen molar-refractivity contribution in [2.75, 3.05) is 18.5 Å². The Balaban J connectivity index is 1.38. The van der Waals surface area contributed by atoms with Crippen molar-refractivity contribution >= 4 is 22.9 Å². The van der Waals surface area contributed by atoms with Gasteiger partial charge in [0, 0.05) is 37.0 Å². The van der Waals surface area contributed by atoms with Crippen LogP contribution in [0.5, 0.6) is 0 Å². The molecule has 0 aliphatic carbocycles. The minimum absolute atomic E-state index is 0.00350. The lowest BCUT2D eigenvalue weighted by Gasteiger charge is -2.28. The molecule has 8 heteroatoms. The number of H-pyrrole nitrogens is 1. The number of benzene rings is 1. The van der Waals surface area contributed by atoms with Crippen molar-refractivity contribution in [2.45, 2.75) is 32.5 Å². The number of aromatic amines is 1. The molecule has 2 amide bonds. The summed E-state index contributed by atoms with van der Waals surface area (Å²) in [5.74, 6) is 0.474. The largest absolute Gasteiger partial charge is 0.394 e. The zero-order valence-electron chi connectivity index (χ0n) is 15.8. The van der Waals surface area contributed by atoms with Crippen LogP contribution in [0, 0.1) is 0 Å². The molecule has 4 N–H and O–H groups in total.